The highest BCUT2D eigenvalue weighted by Gasteiger charge is 2.27. The normalized spacial score (nSPS) is 12.8. The number of para-hydroxylation sites is 1. The number of benzene rings is 2. The zero-order chi connectivity index (χ0) is 18.1. The number of carbonyl (C=O) groups excluding carboxylic acids is 1. The number of amides is 1. The molecule has 26 heavy (non-hydrogen) atoms. The fourth-order valence-corrected chi connectivity index (χ4v) is 3.44. The van der Waals surface area contributed by atoms with Gasteiger partial charge in [-0.2, -0.15) is 5.10 Å². The minimum atomic E-state index is -0.349. The molecular formula is C20H17ClFN3O. The van der Waals surface area contributed by atoms with E-state index in [1.54, 1.807) is 35.0 Å². The van der Waals surface area contributed by atoms with Crippen LogP contribution in [0.2, 0.25) is 5.02 Å². The predicted molar refractivity (Wildman–Crippen MR) is 98.2 cm³/mol. The molecule has 0 saturated heterocycles. The minimum absolute atomic E-state index is 0.242. The lowest BCUT2D eigenvalue weighted by atomic mass is 10.2. The van der Waals surface area contributed by atoms with Crippen LogP contribution in [0.4, 0.5) is 4.39 Å². The first-order valence-electron chi connectivity index (χ1n) is 8.52. The van der Waals surface area contributed by atoms with Gasteiger partial charge in [0.15, 0.2) is 5.69 Å². The molecule has 3 aromatic rings. The van der Waals surface area contributed by atoms with Crippen LogP contribution in [0, 0.1) is 5.82 Å². The molecule has 0 spiro atoms. The molecule has 132 valence electrons. The van der Waals surface area contributed by atoms with Crippen LogP contribution in [0.25, 0.3) is 5.69 Å². The maximum atomic E-state index is 14.2. The largest absolute Gasteiger partial charge is 0.347 e. The highest BCUT2D eigenvalue weighted by molar-refractivity contribution is 6.30. The number of fused-ring (bicyclic) bond motifs is 1. The maximum Gasteiger partial charge on any atom is 0.272 e. The van der Waals surface area contributed by atoms with E-state index in [2.05, 4.69) is 10.4 Å². The number of halogens is 2. The topological polar surface area (TPSA) is 46.9 Å². The molecule has 6 heteroatoms. The molecule has 1 heterocycles. The Kier molecular flexibility index (Phi) is 4.47. The van der Waals surface area contributed by atoms with Crippen LogP contribution in [0.3, 0.4) is 0 Å². The average molecular weight is 370 g/mol. The molecule has 0 atom stereocenters. The first-order chi connectivity index (χ1) is 12.6. The van der Waals surface area contributed by atoms with E-state index in [0.717, 1.165) is 36.1 Å². The summed E-state index contributed by atoms with van der Waals surface area (Å²) in [5.41, 5.74) is 3.55. The van der Waals surface area contributed by atoms with Crippen molar-refractivity contribution in [2.24, 2.45) is 0 Å². The number of hydrogen-bond acceptors (Lipinski definition) is 2. The Labute approximate surface area is 155 Å². The second kappa shape index (κ2) is 6.92. The molecule has 0 radical (unpaired) electrons. The second-order valence-corrected chi connectivity index (χ2v) is 6.74. The van der Waals surface area contributed by atoms with E-state index in [4.69, 9.17) is 11.6 Å². The van der Waals surface area contributed by atoms with Crippen molar-refractivity contribution in [2.75, 3.05) is 0 Å². The van der Waals surface area contributed by atoms with Crippen LogP contribution in [0.1, 0.15) is 33.7 Å². The molecule has 1 aliphatic carbocycles. The van der Waals surface area contributed by atoms with Crippen molar-refractivity contribution < 1.29 is 9.18 Å². The Morgan fingerprint density at radius 2 is 1.92 bits per heavy atom. The molecule has 0 aliphatic heterocycles. The summed E-state index contributed by atoms with van der Waals surface area (Å²) in [4.78, 5) is 12.7. The summed E-state index contributed by atoms with van der Waals surface area (Å²) in [5, 5.41) is 7.98. The van der Waals surface area contributed by atoms with Crippen molar-refractivity contribution in [3.05, 3.63) is 81.9 Å². The molecule has 0 bridgehead atoms. The van der Waals surface area contributed by atoms with E-state index in [1.165, 1.54) is 6.07 Å². The number of aromatic nitrogens is 2. The SMILES string of the molecule is O=C(NCc1ccc(Cl)cc1)c1nn(-c2ccccc2F)c2c1CCC2. The van der Waals surface area contributed by atoms with Crippen molar-refractivity contribution >= 4 is 17.5 Å². The number of nitrogens with zero attached hydrogens (tertiary/aromatic N) is 2. The fraction of sp³-hybridized carbons (Fsp3) is 0.200. The van der Waals surface area contributed by atoms with Crippen LogP contribution in [0.5, 0.6) is 0 Å². The first-order valence-corrected chi connectivity index (χ1v) is 8.89. The third-order valence-electron chi connectivity index (χ3n) is 4.59. The summed E-state index contributed by atoms with van der Waals surface area (Å²) < 4.78 is 15.8. The van der Waals surface area contributed by atoms with Gasteiger partial charge in [-0.25, -0.2) is 9.07 Å². The van der Waals surface area contributed by atoms with Crippen molar-refractivity contribution in [1.82, 2.24) is 15.1 Å². The number of carbonyl (C=O) groups is 1. The smallest absolute Gasteiger partial charge is 0.272 e. The summed E-state index contributed by atoms with van der Waals surface area (Å²) in [5.74, 6) is -0.592. The minimum Gasteiger partial charge on any atom is -0.347 e. The predicted octanol–water partition coefficient (Wildman–Crippen LogP) is 4.08. The van der Waals surface area contributed by atoms with Crippen molar-refractivity contribution in [1.29, 1.82) is 0 Å². The molecule has 1 amide bonds. The van der Waals surface area contributed by atoms with Crippen LogP contribution in [-0.2, 0) is 19.4 Å². The summed E-state index contributed by atoms with van der Waals surface area (Å²) >= 11 is 5.88. The third-order valence-corrected chi connectivity index (χ3v) is 4.84. The van der Waals surface area contributed by atoms with Gasteiger partial charge in [0.1, 0.15) is 11.5 Å². The van der Waals surface area contributed by atoms with Gasteiger partial charge in [-0.05, 0) is 49.1 Å². The Morgan fingerprint density at radius 1 is 1.15 bits per heavy atom. The van der Waals surface area contributed by atoms with Crippen molar-refractivity contribution in [2.45, 2.75) is 25.8 Å². The lowest BCUT2D eigenvalue weighted by Crippen LogP contribution is -2.24. The van der Waals surface area contributed by atoms with Gasteiger partial charge in [-0.3, -0.25) is 4.79 Å². The molecule has 4 nitrogen and oxygen atoms in total. The maximum absolute atomic E-state index is 14.2. The fourth-order valence-electron chi connectivity index (χ4n) is 3.31. The molecule has 1 N–H and O–H groups in total. The zero-order valence-electron chi connectivity index (χ0n) is 14.0. The highest BCUT2D eigenvalue weighted by Crippen LogP contribution is 2.28. The third kappa shape index (κ3) is 3.10. The van der Waals surface area contributed by atoms with Gasteiger partial charge in [0.25, 0.3) is 5.91 Å². The standard InChI is InChI=1S/C20H17ClFN3O/c21-14-10-8-13(9-11-14)12-23-20(26)19-15-4-3-7-17(15)25(24-19)18-6-2-1-5-16(18)22/h1-2,5-6,8-11H,3-4,7,12H2,(H,23,26). The molecule has 1 aromatic heterocycles. The molecule has 0 fully saturated rings. The summed E-state index contributed by atoms with van der Waals surface area (Å²) in [6.45, 7) is 0.386. The number of rotatable bonds is 4. The molecule has 0 unspecified atom stereocenters. The molecular weight excluding hydrogens is 353 g/mol. The molecule has 1 aliphatic rings. The van der Waals surface area contributed by atoms with Crippen LogP contribution < -0.4 is 5.32 Å². The first kappa shape index (κ1) is 16.8. The zero-order valence-corrected chi connectivity index (χ0v) is 14.8. The summed E-state index contributed by atoms with van der Waals surface area (Å²) in [7, 11) is 0. The van der Waals surface area contributed by atoms with Gasteiger partial charge >= 0.3 is 0 Å². The van der Waals surface area contributed by atoms with Crippen LogP contribution in [0.15, 0.2) is 48.5 Å². The molecule has 2 aromatic carbocycles. The Hall–Kier alpha value is -2.66. The van der Waals surface area contributed by atoms with Gasteiger partial charge < -0.3 is 5.32 Å². The Morgan fingerprint density at radius 3 is 2.69 bits per heavy atom. The highest BCUT2D eigenvalue weighted by atomic mass is 35.5. The van der Waals surface area contributed by atoms with Gasteiger partial charge in [0.2, 0.25) is 0 Å². The number of hydrogen-bond donors (Lipinski definition) is 1. The Balaban J connectivity index is 1.61. The molecule has 4 rings (SSSR count). The lowest BCUT2D eigenvalue weighted by Gasteiger charge is -2.06. The lowest BCUT2D eigenvalue weighted by molar-refractivity contribution is 0.0944. The van der Waals surface area contributed by atoms with Crippen molar-refractivity contribution in [3.8, 4) is 5.69 Å². The van der Waals surface area contributed by atoms with E-state index >= 15 is 0 Å². The van der Waals surface area contributed by atoms with E-state index < -0.39 is 0 Å². The monoisotopic (exact) mass is 369 g/mol. The molecule has 0 saturated carbocycles. The van der Waals surface area contributed by atoms with Gasteiger partial charge in [-0.15, -0.1) is 0 Å². The number of nitrogens with one attached hydrogen (secondary N) is 1. The quantitative estimate of drug-likeness (QED) is 0.753. The van der Waals surface area contributed by atoms with Gasteiger partial charge in [-0.1, -0.05) is 35.9 Å². The summed E-state index contributed by atoms with van der Waals surface area (Å²) in [6.07, 6.45) is 2.52. The summed E-state index contributed by atoms with van der Waals surface area (Å²) in [6, 6.07) is 13.8. The Bertz CT molecular complexity index is 966. The van der Waals surface area contributed by atoms with E-state index in [0.29, 0.717) is 22.9 Å². The van der Waals surface area contributed by atoms with E-state index in [-0.39, 0.29) is 11.7 Å². The van der Waals surface area contributed by atoms with Crippen LogP contribution >= 0.6 is 11.6 Å². The van der Waals surface area contributed by atoms with Crippen molar-refractivity contribution in [3.63, 3.8) is 0 Å². The van der Waals surface area contributed by atoms with Gasteiger partial charge in [0, 0.05) is 22.8 Å². The second-order valence-electron chi connectivity index (χ2n) is 6.30. The van der Waals surface area contributed by atoms with Crippen LogP contribution in [-0.4, -0.2) is 15.7 Å². The van der Waals surface area contributed by atoms with E-state index in [9.17, 15) is 9.18 Å². The van der Waals surface area contributed by atoms with Gasteiger partial charge in [0.05, 0.1) is 0 Å². The van der Waals surface area contributed by atoms with E-state index in [1.807, 2.05) is 12.1 Å². The average Bonchev–Trinajstić information content (AvgIpc) is 3.24.